The van der Waals surface area contributed by atoms with Gasteiger partial charge in [-0.05, 0) is 55.5 Å². The number of amides is 2. The van der Waals surface area contributed by atoms with Gasteiger partial charge in [0.25, 0.3) is 0 Å². The van der Waals surface area contributed by atoms with Crippen molar-refractivity contribution in [3.05, 3.63) is 100 Å². The Bertz CT molecular complexity index is 1530. The third kappa shape index (κ3) is 9.05. The Morgan fingerprint density at radius 3 is 2.34 bits per heavy atom. The molecule has 4 rings (SSSR count). The fraction of sp³-hybridized carbons (Fsp3) is 0.412. The van der Waals surface area contributed by atoms with Crippen LogP contribution in [0.4, 0.5) is 10.1 Å². The summed E-state index contributed by atoms with van der Waals surface area (Å²) in [5.74, 6) is -1.09. The molecule has 1 aliphatic rings. The predicted octanol–water partition coefficient (Wildman–Crippen LogP) is 6.42. The van der Waals surface area contributed by atoms with Crippen LogP contribution in [0.3, 0.4) is 0 Å². The number of anilines is 1. The average Bonchev–Trinajstić information content (AvgIpc) is 3.00. The third-order valence-electron chi connectivity index (χ3n) is 8.18. The number of hydrogen-bond donors (Lipinski definition) is 1. The van der Waals surface area contributed by atoms with E-state index in [0.717, 1.165) is 43.9 Å². The highest BCUT2D eigenvalue weighted by molar-refractivity contribution is 7.92. The zero-order valence-corrected chi connectivity index (χ0v) is 26.9. The normalized spacial score (nSPS) is 14.5. The lowest BCUT2D eigenvalue weighted by molar-refractivity contribution is -0.141. The first-order valence-corrected chi connectivity index (χ1v) is 17.4. The molecule has 44 heavy (non-hydrogen) atoms. The molecule has 236 valence electrons. The highest BCUT2D eigenvalue weighted by Gasteiger charge is 2.32. The van der Waals surface area contributed by atoms with Gasteiger partial charge in [-0.25, -0.2) is 12.8 Å². The minimum absolute atomic E-state index is 0.0317. The lowest BCUT2D eigenvalue weighted by Gasteiger charge is -2.34. The molecule has 1 fully saturated rings. The minimum atomic E-state index is -3.68. The second kappa shape index (κ2) is 15.5. The van der Waals surface area contributed by atoms with Crippen LogP contribution in [0.15, 0.2) is 72.8 Å². The average molecular weight is 642 g/mol. The molecule has 10 heteroatoms. The van der Waals surface area contributed by atoms with Crippen molar-refractivity contribution in [1.82, 2.24) is 10.2 Å². The summed E-state index contributed by atoms with van der Waals surface area (Å²) in [6.45, 7) is 1.69. The number of sulfonamides is 1. The van der Waals surface area contributed by atoms with Crippen LogP contribution in [-0.4, -0.2) is 50.0 Å². The lowest BCUT2D eigenvalue weighted by Crippen LogP contribution is -2.53. The van der Waals surface area contributed by atoms with Crippen molar-refractivity contribution in [1.29, 1.82) is 0 Å². The second-order valence-electron chi connectivity index (χ2n) is 11.5. The molecule has 1 N–H and O–H groups in total. The van der Waals surface area contributed by atoms with Crippen molar-refractivity contribution in [2.75, 3.05) is 17.1 Å². The molecule has 0 radical (unpaired) electrons. The van der Waals surface area contributed by atoms with Crippen molar-refractivity contribution in [3.63, 3.8) is 0 Å². The van der Waals surface area contributed by atoms with Gasteiger partial charge in [-0.1, -0.05) is 85.5 Å². The molecular weight excluding hydrogens is 601 g/mol. The fourth-order valence-electron chi connectivity index (χ4n) is 5.76. The van der Waals surface area contributed by atoms with Crippen LogP contribution in [0.1, 0.15) is 61.6 Å². The zero-order valence-electron chi connectivity index (χ0n) is 25.3. The summed E-state index contributed by atoms with van der Waals surface area (Å²) in [6.07, 6.45) is 6.50. The molecule has 0 saturated heterocycles. The summed E-state index contributed by atoms with van der Waals surface area (Å²) in [5, 5.41) is 3.62. The summed E-state index contributed by atoms with van der Waals surface area (Å²) in [4.78, 5) is 29.4. The van der Waals surface area contributed by atoms with Gasteiger partial charge in [0.2, 0.25) is 21.8 Å². The van der Waals surface area contributed by atoms with Gasteiger partial charge in [0.1, 0.15) is 11.9 Å². The summed E-state index contributed by atoms with van der Waals surface area (Å²) in [7, 11) is -3.68. The fourth-order valence-corrected chi connectivity index (χ4v) is 6.94. The monoisotopic (exact) mass is 641 g/mol. The van der Waals surface area contributed by atoms with Crippen molar-refractivity contribution >= 4 is 39.1 Å². The Morgan fingerprint density at radius 1 is 0.977 bits per heavy atom. The number of carbonyl (C=O) groups excluding carboxylic acids is 2. The van der Waals surface area contributed by atoms with E-state index in [-0.39, 0.29) is 50.2 Å². The maximum absolute atomic E-state index is 14.9. The number of nitrogens with one attached hydrogen (secondary N) is 1. The molecule has 0 spiro atoms. The smallest absolute Gasteiger partial charge is 0.243 e. The molecule has 1 aliphatic carbocycles. The quantitative estimate of drug-likeness (QED) is 0.233. The SMILES string of the molecule is Cc1c(Cl)cccc1N(CCCC(=O)N(Cc1ccccc1F)[C@@H](Cc1ccccc1)C(=O)NC1CCCCC1)S(C)(=O)=O. The Kier molecular flexibility index (Phi) is 11.8. The minimum Gasteiger partial charge on any atom is -0.352 e. The number of rotatable bonds is 13. The zero-order chi connectivity index (χ0) is 31.7. The molecule has 3 aromatic carbocycles. The van der Waals surface area contributed by atoms with E-state index in [2.05, 4.69) is 5.32 Å². The van der Waals surface area contributed by atoms with Crippen LogP contribution in [0.5, 0.6) is 0 Å². The number of nitrogens with zero attached hydrogens (tertiary/aromatic N) is 2. The van der Waals surface area contributed by atoms with Gasteiger partial charge in [-0.3, -0.25) is 13.9 Å². The Labute approximate surface area is 265 Å². The molecule has 2 amide bonds. The van der Waals surface area contributed by atoms with Crippen molar-refractivity contribution in [2.45, 2.75) is 76.9 Å². The number of hydrogen-bond acceptors (Lipinski definition) is 4. The molecule has 0 bridgehead atoms. The van der Waals surface area contributed by atoms with E-state index >= 15 is 0 Å². The highest BCUT2D eigenvalue weighted by Crippen LogP contribution is 2.29. The topological polar surface area (TPSA) is 86.8 Å². The molecule has 1 atom stereocenters. The summed E-state index contributed by atoms with van der Waals surface area (Å²) < 4.78 is 41.7. The van der Waals surface area contributed by atoms with Crippen LogP contribution in [0, 0.1) is 12.7 Å². The van der Waals surface area contributed by atoms with Crippen LogP contribution in [-0.2, 0) is 32.6 Å². The molecule has 1 saturated carbocycles. The van der Waals surface area contributed by atoms with Gasteiger partial charge < -0.3 is 10.2 Å². The number of halogens is 2. The first kappa shape index (κ1) is 33.5. The molecule has 0 aliphatic heterocycles. The Morgan fingerprint density at radius 2 is 1.66 bits per heavy atom. The van der Waals surface area contributed by atoms with E-state index in [1.54, 1.807) is 43.3 Å². The Balaban J connectivity index is 1.61. The van der Waals surface area contributed by atoms with E-state index in [9.17, 15) is 22.4 Å². The highest BCUT2D eigenvalue weighted by atomic mass is 35.5. The summed E-state index contributed by atoms with van der Waals surface area (Å²) >= 11 is 6.27. The lowest BCUT2D eigenvalue weighted by atomic mass is 9.94. The molecule has 0 unspecified atom stereocenters. The van der Waals surface area contributed by atoms with Gasteiger partial charge >= 0.3 is 0 Å². The standard InChI is InChI=1S/C34H41ClFN3O4S/c1-25-29(35)18-11-20-31(25)39(44(2,42)43)22-12-21-33(40)38(24-27-15-9-10-19-30(27)36)32(23-26-13-5-3-6-14-26)34(41)37-28-16-7-4-8-17-28/h3,5-6,9-11,13-15,18-20,28,32H,4,7-8,12,16-17,21-24H2,1-2H3,(H,37,41)/t32-/m0/s1. The van der Waals surface area contributed by atoms with Crippen molar-refractivity contribution in [2.24, 2.45) is 0 Å². The van der Waals surface area contributed by atoms with E-state index in [1.807, 2.05) is 30.3 Å². The largest absolute Gasteiger partial charge is 0.352 e. The van der Waals surface area contributed by atoms with Gasteiger partial charge in [0, 0.05) is 42.6 Å². The van der Waals surface area contributed by atoms with Crippen molar-refractivity contribution in [3.8, 4) is 0 Å². The summed E-state index contributed by atoms with van der Waals surface area (Å²) in [6, 6.07) is 19.9. The van der Waals surface area contributed by atoms with Gasteiger partial charge in [-0.2, -0.15) is 0 Å². The summed E-state index contributed by atoms with van der Waals surface area (Å²) in [5.41, 5.74) is 2.25. The first-order valence-electron chi connectivity index (χ1n) is 15.1. The maximum atomic E-state index is 14.9. The molecule has 0 heterocycles. The first-order chi connectivity index (χ1) is 21.0. The second-order valence-corrected chi connectivity index (χ2v) is 13.8. The van der Waals surface area contributed by atoms with Gasteiger partial charge in [0.05, 0.1) is 11.9 Å². The molecular formula is C34H41ClFN3O4S. The molecule has 0 aromatic heterocycles. The Hall–Kier alpha value is -3.43. The van der Waals surface area contributed by atoms with Crippen LogP contribution in [0.2, 0.25) is 5.02 Å². The van der Waals surface area contributed by atoms with E-state index in [0.29, 0.717) is 21.8 Å². The molecule has 3 aromatic rings. The number of benzene rings is 3. The van der Waals surface area contributed by atoms with E-state index < -0.39 is 21.9 Å². The van der Waals surface area contributed by atoms with Crippen LogP contribution in [0.25, 0.3) is 0 Å². The maximum Gasteiger partial charge on any atom is 0.243 e. The number of carbonyl (C=O) groups is 2. The van der Waals surface area contributed by atoms with Crippen LogP contribution >= 0.6 is 11.6 Å². The molecule has 7 nitrogen and oxygen atoms in total. The van der Waals surface area contributed by atoms with E-state index in [4.69, 9.17) is 11.6 Å². The van der Waals surface area contributed by atoms with Gasteiger partial charge in [0.15, 0.2) is 0 Å². The predicted molar refractivity (Wildman–Crippen MR) is 174 cm³/mol. The van der Waals surface area contributed by atoms with Crippen LogP contribution < -0.4 is 9.62 Å². The van der Waals surface area contributed by atoms with E-state index in [1.165, 1.54) is 15.3 Å². The van der Waals surface area contributed by atoms with Gasteiger partial charge in [-0.15, -0.1) is 0 Å². The van der Waals surface area contributed by atoms with Crippen molar-refractivity contribution < 1.29 is 22.4 Å². The third-order valence-corrected chi connectivity index (χ3v) is 9.77.